The second-order valence-electron chi connectivity index (χ2n) is 19.7. The normalized spacial score (nSPS) is 13.2. The quantitative estimate of drug-likeness (QED) is 0.110. The van der Waals surface area contributed by atoms with Crippen LogP contribution in [0.2, 0.25) is 0 Å². The lowest BCUT2D eigenvalue weighted by Gasteiger charge is -2.21. The summed E-state index contributed by atoms with van der Waals surface area (Å²) in [4.78, 5) is 5.96. The molecule has 73 heavy (non-hydrogen) atoms. The molecule has 0 saturated heterocycles. The molecule has 346 valence electrons. The van der Waals surface area contributed by atoms with E-state index < -0.39 is 0 Å². The van der Waals surface area contributed by atoms with Crippen LogP contribution in [0.4, 0.5) is 0 Å². The zero-order chi connectivity index (χ0) is 48.9. The summed E-state index contributed by atoms with van der Waals surface area (Å²) in [6.45, 7) is 11.3. The van der Waals surface area contributed by atoms with E-state index in [0.717, 1.165) is 94.5 Å². The van der Waals surface area contributed by atoms with Gasteiger partial charge in [-0.2, -0.15) is 0 Å². The van der Waals surface area contributed by atoms with Crippen LogP contribution in [0.5, 0.6) is 0 Å². The smallest absolute Gasteiger partial charge is 0.159 e. The standard InChI is InChI=1S/C69H49N3O/c1-42(2)66(51-34-33-45-19-8-9-20-46(45)35-51)70-67(57-30-18-29-56-54-27-14-16-31-61(54)71(68(56)57)53-25-6-5-7-26-53)44(4)43(3)52-38-60-55-28-15-17-32-65(55)73-69(60)64(41-52)72-62-39-49-23-12-10-21-47(49)36-58(62)59-37-48-22-11-13-24-50(48)40-63(59)72/h5-41,66H,1H2,2-4H3/b44-43+,70-67+. The SMILES string of the molecule is C=C(C)C(/N=C(\C(C)=C(/C)c1cc(-n2c3cc4ccccc4cc3c3cc4ccccc4cc32)c2oc3ccccc3c2c1)c1cccc2c3ccccc3n(-c3ccccc3)c12)c1ccc2ccccc2c1. The first kappa shape index (κ1) is 42.6. The van der Waals surface area contributed by atoms with Crippen molar-refractivity contribution in [3.63, 3.8) is 0 Å². The number of para-hydroxylation sites is 4. The highest BCUT2D eigenvalue weighted by molar-refractivity contribution is 6.25. The highest BCUT2D eigenvalue weighted by atomic mass is 16.3. The summed E-state index contributed by atoms with van der Waals surface area (Å²) in [5.41, 5.74) is 15.6. The molecule has 0 amide bonds. The summed E-state index contributed by atoms with van der Waals surface area (Å²) < 4.78 is 11.9. The summed E-state index contributed by atoms with van der Waals surface area (Å²) in [5, 5.41) is 14.1. The third kappa shape index (κ3) is 6.78. The Hall–Kier alpha value is -9.25. The molecule has 1 unspecified atom stereocenters. The van der Waals surface area contributed by atoms with Crippen molar-refractivity contribution in [1.29, 1.82) is 0 Å². The number of fused-ring (bicyclic) bond motifs is 12. The summed E-state index contributed by atoms with van der Waals surface area (Å²) in [6.07, 6.45) is 0. The van der Waals surface area contributed by atoms with Crippen LogP contribution in [0.15, 0.2) is 252 Å². The Morgan fingerprint density at radius 1 is 0.452 bits per heavy atom. The molecule has 11 aromatic carbocycles. The van der Waals surface area contributed by atoms with Crippen molar-refractivity contribution in [2.75, 3.05) is 0 Å². The van der Waals surface area contributed by atoms with Crippen molar-refractivity contribution in [3.8, 4) is 11.4 Å². The van der Waals surface area contributed by atoms with E-state index in [-0.39, 0.29) is 6.04 Å². The van der Waals surface area contributed by atoms with Gasteiger partial charge >= 0.3 is 0 Å². The first-order chi connectivity index (χ1) is 35.9. The van der Waals surface area contributed by atoms with Gasteiger partial charge < -0.3 is 13.6 Å². The monoisotopic (exact) mass is 935 g/mol. The van der Waals surface area contributed by atoms with Crippen molar-refractivity contribution in [3.05, 3.63) is 259 Å². The van der Waals surface area contributed by atoms with Gasteiger partial charge in [-0.25, -0.2) is 0 Å². The van der Waals surface area contributed by atoms with E-state index in [1.807, 2.05) is 0 Å². The number of nitrogens with zero attached hydrogens (tertiary/aromatic N) is 3. The molecule has 3 aromatic heterocycles. The maximum atomic E-state index is 7.01. The van der Waals surface area contributed by atoms with E-state index >= 15 is 0 Å². The molecule has 0 radical (unpaired) electrons. The van der Waals surface area contributed by atoms with Gasteiger partial charge in [-0.3, -0.25) is 4.99 Å². The first-order valence-electron chi connectivity index (χ1n) is 25.2. The Balaban J connectivity index is 1.08. The number of aliphatic imine (C=N–C) groups is 1. The summed E-state index contributed by atoms with van der Waals surface area (Å²) in [6, 6.07) is 81.0. The van der Waals surface area contributed by atoms with Gasteiger partial charge in [0.2, 0.25) is 0 Å². The molecule has 3 heterocycles. The predicted molar refractivity (Wildman–Crippen MR) is 310 cm³/mol. The second kappa shape index (κ2) is 16.7. The van der Waals surface area contributed by atoms with E-state index in [4.69, 9.17) is 9.41 Å². The van der Waals surface area contributed by atoms with Gasteiger partial charge in [-0.05, 0) is 142 Å². The molecular formula is C69H49N3O. The number of rotatable bonds is 8. The Labute approximate surface area is 422 Å². The topological polar surface area (TPSA) is 35.4 Å². The molecule has 14 rings (SSSR count). The number of benzene rings is 11. The maximum Gasteiger partial charge on any atom is 0.159 e. The number of aromatic nitrogens is 2. The molecule has 0 N–H and O–H groups in total. The van der Waals surface area contributed by atoms with Crippen LogP contribution in [0.25, 0.3) is 115 Å². The Bertz CT molecular complexity index is 4580. The van der Waals surface area contributed by atoms with E-state index in [1.165, 1.54) is 53.9 Å². The van der Waals surface area contributed by atoms with Gasteiger partial charge in [-0.1, -0.05) is 170 Å². The summed E-state index contributed by atoms with van der Waals surface area (Å²) in [7, 11) is 0. The van der Waals surface area contributed by atoms with Gasteiger partial charge in [0, 0.05) is 43.6 Å². The third-order valence-electron chi connectivity index (χ3n) is 15.3. The zero-order valence-electron chi connectivity index (χ0n) is 40.9. The van der Waals surface area contributed by atoms with Crippen molar-refractivity contribution in [2.24, 2.45) is 4.99 Å². The van der Waals surface area contributed by atoms with Gasteiger partial charge in [0.25, 0.3) is 0 Å². The van der Waals surface area contributed by atoms with Gasteiger partial charge in [0.1, 0.15) is 5.58 Å². The Morgan fingerprint density at radius 3 is 1.71 bits per heavy atom. The molecule has 0 saturated carbocycles. The average Bonchev–Trinajstić information content (AvgIpc) is 4.09. The minimum atomic E-state index is -0.328. The number of furan rings is 1. The molecule has 0 aliphatic rings. The predicted octanol–water partition coefficient (Wildman–Crippen LogP) is 18.8. The van der Waals surface area contributed by atoms with Gasteiger partial charge in [0.05, 0.1) is 39.5 Å². The van der Waals surface area contributed by atoms with Crippen molar-refractivity contribution < 1.29 is 4.42 Å². The van der Waals surface area contributed by atoms with Crippen LogP contribution in [0.3, 0.4) is 0 Å². The summed E-state index contributed by atoms with van der Waals surface area (Å²) >= 11 is 0. The molecular weight excluding hydrogens is 887 g/mol. The van der Waals surface area contributed by atoms with Crippen LogP contribution in [-0.2, 0) is 0 Å². The van der Waals surface area contributed by atoms with Gasteiger partial charge in [0.15, 0.2) is 5.58 Å². The Kier molecular flexibility index (Phi) is 9.74. The third-order valence-corrected chi connectivity index (χ3v) is 15.3. The highest BCUT2D eigenvalue weighted by Crippen LogP contribution is 2.44. The molecule has 4 heteroatoms. The molecule has 14 aromatic rings. The fourth-order valence-corrected chi connectivity index (χ4v) is 11.6. The van der Waals surface area contributed by atoms with Crippen LogP contribution >= 0.6 is 0 Å². The molecule has 0 bridgehead atoms. The molecule has 0 aliphatic heterocycles. The van der Waals surface area contributed by atoms with Crippen LogP contribution < -0.4 is 0 Å². The first-order valence-corrected chi connectivity index (χ1v) is 25.2. The second-order valence-corrected chi connectivity index (χ2v) is 19.7. The fraction of sp³-hybridized carbons (Fsp3) is 0.0580. The number of allylic oxidation sites excluding steroid dienone is 2. The molecule has 0 fully saturated rings. The van der Waals surface area contributed by atoms with Crippen molar-refractivity contribution in [2.45, 2.75) is 26.8 Å². The zero-order valence-corrected chi connectivity index (χ0v) is 40.9. The minimum absolute atomic E-state index is 0.328. The molecule has 4 nitrogen and oxygen atoms in total. The van der Waals surface area contributed by atoms with E-state index in [9.17, 15) is 0 Å². The molecule has 0 aliphatic carbocycles. The van der Waals surface area contributed by atoms with Crippen LogP contribution in [-0.4, -0.2) is 14.8 Å². The van der Waals surface area contributed by atoms with Crippen molar-refractivity contribution in [1.82, 2.24) is 9.13 Å². The Morgan fingerprint density at radius 2 is 1.03 bits per heavy atom. The fourth-order valence-electron chi connectivity index (χ4n) is 11.6. The maximum absolute atomic E-state index is 7.01. The minimum Gasteiger partial charge on any atom is -0.454 e. The molecule has 0 spiro atoms. The lowest BCUT2D eigenvalue weighted by atomic mass is 9.91. The number of hydrogen-bond donors (Lipinski definition) is 0. The van der Waals surface area contributed by atoms with Gasteiger partial charge in [-0.15, -0.1) is 0 Å². The van der Waals surface area contributed by atoms with Crippen molar-refractivity contribution >= 4 is 109 Å². The van der Waals surface area contributed by atoms with E-state index in [1.54, 1.807) is 0 Å². The number of hydrogen-bond acceptors (Lipinski definition) is 2. The average molecular weight is 936 g/mol. The lowest BCUT2D eigenvalue weighted by Crippen LogP contribution is -2.11. The van der Waals surface area contributed by atoms with E-state index in [0.29, 0.717) is 0 Å². The van der Waals surface area contributed by atoms with Crippen LogP contribution in [0.1, 0.15) is 43.5 Å². The lowest BCUT2D eigenvalue weighted by molar-refractivity contribution is 0.666. The summed E-state index contributed by atoms with van der Waals surface area (Å²) in [5.74, 6) is 0. The largest absolute Gasteiger partial charge is 0.454 e. The van der Waals surface area contributed by atoms with E-state index in [2.05, 4.69) is 261 Å². The van der Waals surface area contributed by atoms with Crippen LogP contribution in [0, 0.1) is 0 Å². The highest BCUT2D eigenvalue weighted by Gasteiger charge is 2.25. The molecule has 1 atom stereocenters.